The fraction of sp³-hybridized carbons (Fsp3) is 0.571. The number of hydrogen-bond acceptors (Lipinski definition) is 4. The molecule has 1 aliphatic carbocycles. The molecule has 21 heavy (non-hydrogen) atoms. The number of aliphatic hydroxyl groups is 1. The van der Waals surface area contributed by atoms with Gasteiger partial charge in [0.2, 0.25) is 0 Å². The van der Waals surface area contributed by atoms with E-state index >= 15 is 0 Å². The van der Waals surface area contributed by atoms with Gasteiger partial charge < -0.3 is 20.4 Å². The van der Waals surface area contributed by atoms with E-state index in [0.29, 0.717) is 11.3 Å². The molecule has 1 aliphatic rings. The maximum atomic E-state index is 12.2. The van der Waals surface area contributed by atoms with Crippen molar-refractivity contribution in [2.24, 2.45) is 0 Å². The van der Waals surface area contributed by atoms with Crippen molar-refractivity contribution in [2.75, 3.05) is 7.05 Å². The first kappa shape index (κ1) is 15.8. The quantitative estimate of drug-likeness (QED) is 0.791. The molecule has 3 atom stereocenters. The molecule has 3 unspecified atom stereocenters. The number of thiophene rings is 1. The molecule has 3 N–H and O–H groups in total. The van der Waals surface area contributed by atoms with E-state index in [4.69, 9.17) is 0 Å². The molecule has 0 aliphatic heterocycles. The Labute approximate surface area is 127 Å². The van der Waals surface area contributed by atoms with Crippen molar-refractivity contribution in [2.45, 2.75) is 43.9 Å². The Bertz CT molecular complexity index is 491. The van der Waals surface area contributed by atoms with Gasteiger partial charge in [-0.2, -0.15) is 0 Å². The first-order valence-electron chi connectivity index (χ1n) is 6.98. The first-order valence-corrected chi connectivity index (χ1v) is 7.86. The number of amides is 2. The third kappa shape index (κ3) is 3.74. The predicted molar refractivity (Wildman–Crippen MR) is 79.3 cm³/mol. The number of nitrogens with zero attached hydrogens (tertiary/aromatic N) is 1. The van der Waals surface area contributed by atoms with E-state index in [1.807, 2.05) is 0 Å². The van der Waals surface area contributed by atoms with Crippen molar-refractivity contribution in [1.82, 2.24) is 10.2 Å². The molecule has 1 aromatic heterocycles. The van der Waals surface area contributed by atoms with Crippen LogP contribution in [0.4, 0.5) is 4.79 Å². The molecule has 0 spiro atoms. The van der Waals surface area contributed by atoms with Crippen molar-refractivity contribution in [3.05, 3.63) is 22.4 Å². The Balaban J connectivity index is 2.03. The average Bonchev–Trinajstić information content (AvgIpc) is 2.97. The highest BCUT2D eigenvalue weighted by Crippen LogP contribution is 2.24. The normalized spacial score (nSPS) is 23.3. The number of nitrogens with one attached hydrogen (secondary N) is 1. The van der Waals surface area contributed by atoms with Crippen molar-refractivity contribution < 1.29 is 19.8 Å². The maximum absolute atomic E-state index is 12.2. The van der Waals surface area contributed by atoms with Crippen LogP contribution in [0.1, 0.15) is 36.6 Å². The van der Waals surface area contributed by atoms with E-state index in [9.17, 15) is 19.8 Å². The zero-order chi connectivity index (χ0) is 15.4. The van der Waals surface area contributed by atoms with Gasteiger partial charge in [0, 0.05) is 11.9 Å². The Morgan fingerprint density at radius 1 is 1.43 bits per heavy atom. The van der Waals surface area contributed by atoms with Crippen LogP contribution in [0, 0.1) is 0 Å². The summed E-state index contributed by atoms with van der Waals surface area (Å²) in [5.41, 5.74) is 0. The van der Waals surface area contributed by atoms with Gasteiger partial charge in [-0.25, -0.2) is 9.59 Å². The molecule has 7 heteroatoms. The van der Waals surface area contributed by atoms with E-state index < -0.39 is 24.1 Å². The average molecular weight is 312 g/mol. The molecular weight excluding hydrogens is 292 g/mol. The Morgan fingerprint density at radius 3 is 2.71 bits per heavy atom. The minimum Gasteiger partial charge on any atom is -0.479 e. The smallest absolute Gasteiger partial charge is 0.331 e. The lowest BCUT2D eigenvalue weighted by Gasteiger charge is -2.35. The number of aliphatic carboxylic acids is 1. The van der Waals surface area contributed by atoms with E-state index in [-0.39, 0.29) is 6.04 Å². The molecule has 0 aromatic carbocycles. The molecule has 6 nitrogen and oxygen atoms in total. The number of hydrogen-bond donors (Lipinski definition) is 3. The highest BCUT2D eigenvalue weighted by Gasteiger charge is 2.31. The zero-order valence-electron chi connectivity index (χ0n) is 11.9. The van der Waals surface area contributed by atoms with Crippen molar-refractivity contribution >= 4 is 23.3 Å². The summed E-state index contributed by atoms with van der Waals surface area (Å²) in [6, 6.07) is 1.65. The Morgan fingerprint density at radius 2 is 2.14 bits per heavy atom. The highest BCUT2D eigenvalue weighted by molar-refractivity contribution is 7.10. The molecule has 0 bridgehead atoms. The van der Waals surface area contributed by atoms with Crippen molar-refractivity contribution in [3.8, 4) is 0 Å². The van der Waals surface area contributed by atoms with Crippen LogP contribution < -0.4 is 5.32 Å². The maximum Gasteiger partial charge on any atom is 0.331 e. The lowest BCUT2D eigenvalue weighted by Crippen LogP contribution is -2.51. The Hall–Kier alpha value is -1.60. The molecule has 0 saturated heterocycles. The largest absolute Gasteiger partial charge is 0.479 e. The fourth-order valence-electron chi connectivity index (χ4n) is 2.63. The summed E-state index contributed by atoms with van der Waals surface area (Å²) in [7, 11) is 1.60. The summed E-state index contributed by atoms with van der Waals surface area (Å²) in [5.74, 6) is -1.09. The van der Waals surface area contributed by atoms with Crippen LogP contribution in [-0.2, 0) is 4.79 Å². The van der Waals surface area contributed by atoms with Gasteiger partial charge in [-0.15, -0.1) is 11.3 Å². The molecule has 2 rings (SSSR count). The molecule has 1 fully saturated rings. The summed E-state index contributed by atoms with van der Waals surface area (Å²) in [5, 5.41) is 23.5. The van der Waals surface area contributed by atoms with Crippen LogP contribution in [0.5, 0.6) is 0 Å². The van der Waals surface area contributed by atoms with Gasteiger partial charge in [0.15, 0.2) is 6.04 Å². The standard InChI is InChI=1S/C14H20N2O4S/c1-16(9-5-2-3-6-10(9)17)14(20)15-12(13(18)19)11-7-4-8-21-11/h4,7-10,12,17H,2-3,5-6H2,1H3,(H,15,20)(H,18,19). The molecule has 0 radical (unpaired) electrons. The molecule has 1 heterocycles. The van der Waals surface area contributed by atoms with Gasteiger partial charge in [-0.1, -0.05) is 18.9 Å². The van der Waals surface area contributed by atoms with Crippen LogP contribution >= 0.6 is 11.3 Å². The summed E-state index contributed by atoms with van der Waals surface area (Å²) in [6.07, 6.45) is 2.80. The van der Waals surface area contributed by atoms with Gasteiger partial charge in [-0.05, 0) is 24.3 Å². The van der Waals surface area contributed by atoms with E-state index in [2.05, 4.69) is 5.32 Å². The van der Waals surface area contributed by atoms with Gasteiger partial charge in [0.05, 0.1) is 12.1 Å². The number of carboxylic acids is 1. The van der Waals surface area contributed by atoms with Gasteiger partial charge in [-0.3, -0.25) is 0 Å². The third-order valence-electron chi connectivity index (χ3n) is 3.85. The van der Waals surface area contributed by atoms with Crippen LogP contribution in [0.25, 0.3) is 0 Å². The van der Waals surface area contributed by atoms with E-state index in [1.165, 1.54) is 16.2 Å². The van der Waals surface area contributed by atoms with Gasteiger partial charge >= 0.3 is 12.0 Å². The van der Waals surface area contributed by atoms with Crippen LogP contribution in [0.3, 0.4) is 0 Å². The summed E-state index contributed by atoms with van der Waals surface area (Å²) in [6.45, 7) is 0. The topological polar surface area (TPSA) is 89.9 Å². The molecule has 1 saturated carbocycles. The van der Waals surface area contributed by atoms with Crippen LogP contribution in [0.15, 0.2) is 17.5 Å². The second kappa shape index (κ2) is 6.91. The lowest BCUT2D eigenvalue weighted by atomic mass is 9.92. The number of likely N-dealkylation sites (N-methyl/N-ethyl adjacent to an activating group) is 1. The van der Waals surface area contributed by atoms with Gasteiger partial charge in [0.1, 0.15) is 0 Å². The minimum absolute atomic E-state index is 0.253. The first-order chi connectivity index (χ1) is 10.0. The highest BCUT2D eigenvalue weighted by atomic mass is 32.1. The van der Waals surface area contributed by atoms with Crippen molar-refractivity contribution in [1.29, 1.82) is 0 Å². The van der Waals surface area contributed by atoms with E-state index in [1.54, 1.807) is 24.6 Å². The lowest BCUT2D eigenvalue weighted by molar-refractivity contribution is -0.139. The Kier molecular flexibility index (Phi) is 5.19. The van der Waals surface area contributed by atoms with Crippen LogP contribution in [-0.4, -0.2) is 46.3 Å². The summed E-state index contributed by atoms with van der Waals surface area (Å²) < 4.78 is 0. The molecule has 2 amide bonds. The third-order valence-corrected chi connectivity index (χ3v) is 4.79. The minimum atomic E-state index is -1.09. The van der Waals surface area contributed by atoms with Gasteiger partial charge in [0.25, 0.3) is 0 Å². The monoisotopic (exact) mass is 312 g/mol. The van der Waals surface area contributed by atoms with E-state index in [0.717, 1.165) is 19.3 Å². The zero-order valence-corrected chi connectivity index (χ0v) is 12.7. The van der Waals surface area contributed by atoms with Crippen LogP contribution in [0.2, 0.25) is 0 Å². The fourth-order valence-corrected chi connectivity index (χ4v) is 3.40. The number of rotatable bonds is 4. The molecule has 1 aromatic rings. The summed E-state index contributed by atoms with van der Waals surface area (Å²) in [4.78, 5) is 25.6. The second-order valence-corrected chi connectivity index (χ2v) is 6.25. The molecular formula is C14H20N2O4S. The van der Waals surface area contributed by atoms with Crippen molar-refractivity contribution in [3.63, 3.8) is 0 Å². The number of urea groups is 1. The SMILES string of the molecule is CN(C(=O)NC(C(=O)O)c1cccs1)C1CCCCC1O. The predicted octanol–water partition coefficient (Wildman–Crippen LogP) is 1.82. The number of carbonyl (C=O) groups is 2. The second-order valence-electron chi connectivity index (χ2n) is 5.27. The number of carboxylic acid groups (broad SMARTS) is 1. The summed E-state index contributed by atoms with van der Waals surface area (Å²) >= 11 is 1.29. The number of carbonyl (C=O) groups excluding carboxylic acids is 1. The number of aliphatic hydroxyl groups excluding tert-OH is 1. The molecule has 116 valence electrons.